The second kappa shape index (κ2) is 6.24. The quantitative estimate of drug-likeness (QED) is 0.880. The summed E-state index contributed by atoms with van der Waals surface area (Å²) in [4.78, 5) is 2.24. The van der Waals surface area contributed by atoms with Gasteiger partial charge in [-0.3, -0.25) is 9.58 Å². The Morgan fingerprint density at radius 2 is 2.20 bits per heavy atom. The van der Waals surface area contributed by atoms with Crippen LogP contribution < -0.4 is 5.73 Å². The van der Waals surface area contributed by atoms with Gasteiger partial charge in [-0.15, -0.1) is 0 Å². The van der Waals surface area contributed by atoms with Gasteiger partial charge in [0.15, 0.2) is 0 Å². The van der Waals surface area contributed by atoms with Crippen LogP contribution in [0.15, 0.2) is 29.1 Å². The molecule has 20 heavy (non-hydrogen) atoms. The van der Waals surface area contributed by atoms with Crippen molar-refractivity contribution in [2.75, 3.05) is 13.6 Å². The van der Waals surface area contributed by atoms with E-state index in [0.717, 1.165) is 17.9 Å². The number of hydrogen-bond acceptors (Lipinski definition) is 4. The third kappa shape index (κ3) is 3.11. The number of aryl methyl sites for hydroxylation is 1. The average molecular weight is 276 g/mol. The molecule has 2 rings (SSSR count). The van der Waals surface area contributed by atoms with E-state index in [1.807, 2.05) is 23.9 Å². The number of likely N-dealkylation sites (N-methyl/N-ethyl adjacent to an activating group) is 1. The number of aromatic nitrogens is 2. The highest BCUT2D eigenvalue weighted by Crippen LogP contribution is 2.22. The van der Waals surface area contributed by atoms with Gasteiger partial charge in [0.25, 0.3) is 0 Å². The summed E-state index contributed by atoms with van der Waals surface area (Å²) in [6.45, 7) is 7.60. The van der Waals surface area contributed by atoms with Crippen molar-refractivity contribution in [3.05, 3.63) is 41.6 Å². The molecular formula is C15H24N4O. The summed E-state index contributed by atoms with van der Waals surface area (Å²) in [5, 5.41) is 4.40. The fraction of sp³-hybridized carbons (Fsp3) is 0.533. The lowest BCUT2D eigenvalue weighted by Crippen LogP contribution is -2.30. The van der Waals surface area contributed by atoms with E-state index in [4.69, 9.17) is 10.2 Å². The molecule has 0 bridgehead atoms. The molecule has 0 fully saturated rings. The van der Waals surface area contributed by atoms with Crippen LogP contribution in [0.5, 0.6) is 0 Å². The maximum absolute atomic E-state index is 5.96. The molecular weight excluding hydrogens is 252 g/mol. The number of hydrogen-bond donors (Lipinski definition) is 1. The first-order valence-corrected chi connectivity index (χ1v) is 7.00. The lowest BCUT2D eigenvalue weighted by atomic mass is 10.1. The first-order valence-electron chi connectivity index (χ1n) is 7.00. The summed E-state index contributed by atoms with van der Waals surface area (Å²) >= 11 is 0. The largest absolute Gasteiger partial charge is 0.469 e. The fourth-order valence-electron chi connectivity index (χ4n) is 2.33. The molecule has 1 unspecified atom stereocenters. The van der Waals surface area contributed by atoms with Gasteiger partial charge in [-0.1, -0.05) is 0 Å². The van der Waals surface area contributed by atoms with Crippen LogP contribution in [0.3, 0.4) is 0 Å². The molecule has 2 heterocycles. The Morgan fingerprint density at radius 1 is 1.45 bits per heavy atom. The zero-order valence-electron chi connectivity index (χ0n) is 12.7. The Morgan fingerprint density at radius 3 is 2.70 bits per heavy atom. The van der Waals surface area contributed by atoms with Crippen LogP contribution in [-0.2, 0) is 6.54 Å². The molecule has 0 aliphatic carbocycles. The van der Waals surface area contributed by atoms with Crippen molar-refractivity contribution in [3.8, 4) is 0 Å². The van der Waals surface area contributed by atoms with E-state index in [-0.39, 0.29) is 6.04 Å². The molecule has 1 atom stereocenters. The predicted molar refractivity (Wildman–Crippen MR) is 79.3 cm³/mol. The molecule has 0 spiro atoms. The van der Waals surface area contributed by atoms with E-state index in [1.54, 1.807) is 6.26 Å². The summed E-state index contributed by atoms with van der Waals surface area (Å²) in [7, 11) is 2.08. The van der Waals surface area contributed by atoms with Crippen LogP contribution in [0.4, 0.5) is 0 Å². The Labute approximate surface area is 120 Å². The monoisotopic (exact) mass is 276 g/mol. The third-order valence-electron chi connectivity index (χ3n) is 3.68. The van der Waals surface area contributed by atoms with Gasteiger partial charge in [0.2, 0.25) is 0 Å². The zero-order chi connectivity index (χ0) is 14.7. The van der Waals surface area contributed by atoms with Crippen LogP contribution in [0, 0.1) is 6.92 Å². The molecule has 5 heteroatoms. The first-order chi connectivity index (χ1) is 9.52. The van der Waals surface area contributed by atoms with Gasteiger partial charge >= 0.3 is 0 Å². The second-order valence-corrected chi connectivity index (χ2v) is 5.52. The van der Waals surface area contributed by atoms with E-state index in [2.05, 4.69) is 37.1 Å². The number of furan rings is 1. The fourth-order valence-corrected chi connectivity index (χ4v) is 2.33. The minimum atomic E-state index is 0.164. The van der Waals surface area contributed by atoms with Crippen molar-refractivity contribution in [3.63, 3.8) is 0 Å². The lowest BCUT2D eigenvalue weighted by molar-refractivity contribution is 0.240. The van der Waals surface area contributed by atoms with Crippen molar-refractivity contribution in [2.45, 2.75) is 39.4 Å². The molecule has 0 radical (unpaired) electrons. The molecule has 5 nitrogen and oxygen atoms in total. The number of rotatable bonds is 6. The summed E-state index contributed by atoms with van der Waals surface area (Å²) < 4.78 is 7.31. The highest BCUT2D eigenvalue weighted by atomic mass is 16.3. The predicted octanol–water partition coefficient (Wildman–Crippen LogP) is 2.50. The van der Waals surface area contributed by atoms with Crippen molar-refractivity contribution < 1.29 is 4.42 Å². The minimum absolute atomic E-state index is 0.164. The standard InChI is InChI=1S/C15H24N4O/c1-11(2)19-10-14(8-17-19)15(7-16)18(4)9-13-5-6-20-12(13)3/h5-6,8,10-11,15H,7,9,16H2,1-4H3. The number of nitrogens with two attached hydrogens (primary N) is 1. The lowest BCUT2D eigenvalue weighted by Gasteiger charge is -2.25. The highest BCUT2D eigenvalue weighted by molar-refractivity contribution is 5.17. The molecule has 0 aromatic carbocycles. The molecule has 0 aliphatic rings. The van der Waals surface area contributed by atoms with Gasteiger partial charge in [-0.05, 0) is 33.9 Å². The molecule has 0 amide bonds. The summed E-state index contributed by atoms with van der Waals surface area (Å²) in [5.74, 6) is 0.963. The molecule has 2 aromatic heterocycles. The molecule has 0 aliphatic heterocycles. The molecule has 110 valence electrons. The van der Waals surface area contributed by atoms with E-state index in [1.165, 1.54) is 5.56 Å². The Bertz CT molecular complexity index is 544. The van der Waals surface area contributed by atoms with Gasteiger partial charge in [-0.2, -0.15) is 5.10 Å². The van der Waals surface area contributed by atoms with Gasteiger partial charge in [-0.25, -0.2) is 0 Å². The Balaban J connectivity index is 2.12. The van der Waals surface area contributed by atoms with Crippen LogP contribution >= 0.6 is 0 Å². The second-order valence-electron chi connectivity index (χ2n) is 5.52. The zero-order valence-corrected chi connectivity index (χ0v) is 12.7. The SMILES string of the molecule is Cc1occc1CN(C)C(CN)c1cnn(C(C)C)c1. The third-order valence-corrected chi connectivity index (χ3v) is 3.68. The van der Waals surface area contributed by atoms with Crippen molar-refractivity contribution in [1.82, 2.24) is 14.7 Å². The highest BCUT2D eigenvalue weighted by Gasteiger charge is 2.19. The molecule has 0 saturated heterocycles. The van der Waals surface area contributed by atoms with Crippen LogP contribution in [0.1, 0.15) is 42.8 Å². The first kappa shape index (κ1) is 14.8. The van der Waals surface area contributed by atoms with Crippen molar-refractivity contribution in [1.29, 1.82) is 0 Å². The minimum Gasteiger partial charge on any atom is -0.469 e. The summed E-state index contributed by atoms with van der Waals surface area (Å²) in [6, 6.07) is 2.54. The van der Waals surface area contributed by atoms with Crippen molar-refractivity contribution >= 4 is 0 Å². The van der Waals surface area contributed by atoms with E-state index in [9.17, 15) is 0 Å². The van der Waals surface area contributed by atoms with Gasteiger partial charge in [0, 0.05) is 36.5 Å². The molecule has 0 saturated carbocycles. The van der Waals surface area contributed by atoms with E-state index in [0.29, 0.717) is 12.6 Å². The van der Waals surface area contributed by atoms with Crippen LogP contribution in [-0.4, -0.2) is 28.3 Å². The molecule has 2 N–H and O–H groups in total. The normalized spacial score (nSPS) is 13.3. The summed E-state index contributed by atoms with van der Waals surface area (Å²) in [6.07, 6.45) is 5.73. The van der Waals surface area contributed by atoms with Crippen LogP contribution in [0.25, 0.3) is 0 Å². The van der Waals surface area contributed by atoms with Gasteiger partial charge in [0.1, 0.15) is 5.76 Å². The molecule has 2 aromatic rings. The van der Waals surface area contributed by atoms with E-state index < -0.39 is 0 Å². The van der Waals surface area contributed by atoms with Gasteiger partial charge in [0.05, 0.1) is 18.5 Å². The summed E-state index contributed by atoms with van der Waals surface area (Å²) in [5.41, 5.74) is 8.31. The Hall–Kier alpha value is -1.59. The average Bonchev–Trinajstić information content (AvgIpc) is 3.01. The van der Waals surface area contributed by atoms with Crippen molar-refractivity contribution in [2.24, 2.45) is 5.73 Å². The van der Waals surface area contributed by atoms with Crippen LogP contribution in [0.2, 0.25) is 0 Å². The Kier molecular flexibility index (Phi) is 4.62. The number of nitrogens with zero attached hydrogens (tertiary/aromatic N) is 3. The topological polar surface area (TPSA) is 60.2 Å². The smallest absolute Gasteiger partial charge is 0.105 e. The maximum Gasteiger partial charge on any atom is 0.105 e. The maximum atomic E-state index is 5.96. The van der Waals surface area contributed by atoms with E-state index >= 15 is 0 Å². The van der Waals surface area contributed by atoms with Gasteiger partial charge < -0.3 is 10.2 Å².